The van der Waals surface area contributed by atoms with Crippen LogP contribution in [0.3, 0.4) is 0 Å². The van der Waals surface area contributed by atoms with Gasteiger partial charge in [-0.2, -0.15) is 0 Å². The molecule has 5 heteroatoms. The van der Waals surface area contributed by atoms with Crippen molar-refractivity contribution in [3.63, 3.8) is 0 Å². The second-order valence-electron chi connectivity index (χ2n) is 7.14. The van der Waals surface area contributed by atoms with Gasteiger partial charge in [-0.15, -0.1) is 0 Å². The van der Waals surface area contributed by atoms with Crippen LogP contribution < -0.4 is 0 Å². The van der Waals surface area contributed by atoms with Crippen molar-refractivity contribution in [2.75, 3.05) is 0 Å². The Morgan fingerprint density at radius 3 is 1.84 bits per heavy atom. The summed E-state index contributed by atoms with van der Waals surface area (Å²) in [4.78, 5) is 24.0. The van der Waals surface area contributed by atoms with Gasteiger partial charge in [0.25, 0.3) is 0 Å². The van der Waals surface area contributed by atoms with Crippen molar-refractivity contribution in [1.29, 1.82) is 0 Å². The first-order valence-electron chi connectivity index (χ1n) is 10.1. The third-order valence-corrected chi connectivity index (χ3v) is 4.74. The van der Waals surface area contributed by atoms with E-state index in [1.165, 1.54) is 0 Å². The molecule has 0 aromatic rings. The highest BCUT2D eigenvalue weighted by molar-refractivity contribution is 5.70. The number of aliphatic hydroxyl groups excluding tert-OH is 1. The molecule has 1 rings (SSSR count). The number of hydrogen-bond donors (Lipinski definition) is 1. The molecular formula is C20H36O5. The number of unbranched alkanes of at least 4 members (excludes halogenated alkanes) is 6. The molecule has 0 unspecified atom stereocenters. The minimum atomic E-state index is -0.512. The lowest BCUT2D eigenvalue weighted by Gasteiger charge is -2.33. The largest absolute Gasteiger partial charge is 0.458 e. The highest BCUT2D eigenvalue weighted by Gasteiger charge is 2.35. The second-order valence-corrected chi connectivity index (χ2v) is 7.14. The summed E-state index contributed by atoms with van der Waals surface area (Å²) in [7, 11) is 0. The Hall–Kier alpha value is -1.10. The fourth-order valence-corrected chi connectivity index (χ4v) is 3.19. The molecule has 0 bridgehead atoms. The van der Waals surface area contributed by atoms with Crippen LogP contribution in [0.5, 0.6) is 0 Å². The van der Waals surface area contributed by atoms with Crippen LogP contribution in [0.1, 0.15) is 97.3 Å². The van der Waals surface area contributed by atoms with Crippen LogP contribution >= 0.6 is 0 Å². The van der Waals surface area contributed by atoms with E-state index in [4.69, 9.17) is 9.47 Å². The summed E-state index contributed by atoms with van der Waals surface area (Å²) in [5.74, 6) is -0.472. The molecule has 1 aliphatic carbocycles. The zero-order valence-corrected chi connectivity index (χ0v) is 16.0. The normalized spacial score (nSPS) is 23.2. The molecule has 0 amide bonds. The molecule has 0 spiro atoms. The van der Waals surface area contributed by atoms with Gasteiger partial charge >= 0.3 is 11.9 Å². The molecule has 1 fully saturated rings. The minimum Gasteiger partial charge on any atom is -0.458 e. The van der Waals surface area contributed by atoms with E-state index in [-0.39, 0.29) is 11.9 Å². The van der Waals surface area contributed by atoms with Crippen LogP contribution in [-0.2, 0) is 19.1 Å². The predicted octanol–water partition coefficient (Wildman–Crippen LogP) is 4.30. The molecule has 1 N–H and O–H groups in total. The highest BCUT2D eigenvalue weighted by Crippen LogP contribution is 2.25. The van der Waals surface area contributed by atoms with E-state index in [1.807, 2.05) is 0 Å². The van der Waals surface area contributed by atoms with Gasteiger partial charge in [-0.3, -0.25) is 9.59 Å². The van der Waals surface area contributed by atoms with Crippen molar-refractivity contribution in [2.45, 2.75) is 116 Å². The molecular weight excluding hydrogens is 320 g/mol. The number of carbonyl (C=O) groups is 2. The van der Waals surface area contributed by atoms with E-state index in [9.17, 15) is 14.7 Å². The van der Waals surface area contributed by atoms with Crippen LogP contribution in [0.4, 0.5) is 0 Å². The van der Waals surface area contributed by atoms with Crippen LogP contribution in [-0.4, -0.2) is 35.4 Å². The Labute approximate surface area is 152 Å². The Bertz CT molecular complexity index is 382. The molecule has 0 heterocycles. The maximum atomic E-state index is 12.0. The topological polar surface area (TPSA) is 72.8 Å². The number of aliphatic hydroxyl groups is 1. The lowest BCUT2D eigenvalue weighted by atomic mass is 9.92. The van der Waals surface area contributed by atoms with Crippen molar-refractivity contribution in [3.8, 4) is 0 Å². The summed E-state index contributed by atoms with van der Waals surface area (Å²) in [6.07, 6.45) is 9.10. The Morgan fingerprint density at radius 2 is 1.32 bits per heavy atom. The molecule has 1 aliphatic rings. The van der Waals surface area contributed by atoms with E-state index >= 15 is 0 Å². The van der Waals surface area contributed by atoms with Gasteiger partial charge < -0.3 is 14.6 Å². The van der Waals surface area contributed by atoms with Crippen molar-refractivity contribution < 1.29 is 24.2 Å². The molecule has 0 aromatic carbocycles. The zero-order valence-electron chi connectivity index (χ0n) is 16.0. The standard InChI is InChI=1S/C20H36O5/c1-3-5-7-9-11-19(22)24-17-14-13-16(21)15-18(17)25-20(23)12-10-8-6-4-2/h16-18,21H,3-15H2,1-2H3/t16-,17+,18-/m0/s1. The summed E-state index contributed by atoms with van der Waals surface area (Å²) in [5, 5.41) is 9.86. The van der Waals surface area contributed by atoms with Gasteiger partial charge in [-0.1, -0.05) is 52.4 Å². The van der Waals surface area contributed by atoms with Gasteiger partial charge in [0.2, 0.25) is 0 Å². The van der Waals surface area contributed by atoms with Crippen LogP contribution in [0.25, 0.3) is 0 Å². The molecule has 5 nitrogen and oxygen atoms in total. The summed E-state index contributed by atoms with van der Waals surface area (Å²) < 4.78 is 11.1. The molecule has 0 radical (unpaired) electrons. The van der Waals surface area contributed by atoms with Crippen LogP contribution in [0, 0.1) is 0 Å². The van der Waals surface area contributed by atoms with Crippen molar-refractivity contribution in [1.82, 2.24) is 0 Å². The smallest absolute Gasteiger partial charge is 0.306 e. The van der Waals surface area contributed by atoms with E-state index < -0.39 is 18.3 Å². The summed E-state index contributed by atoms with van der Waals surface area (Å²) in [5.41, 5.74) is 0. The number of esters is 2. The first-order valence-corrected chi connectivity index (χ1v) is 10.1. The third kappa shape index (κ3) is 9.83. The fourth-order valence-electron chi connectivity index (χ4n) is 3.19. The predicted molar refractivity (Wildman–Crippen MR) is 97.1 cm³/mol. The van der Waals surface area contributed by atoms with Crippen molar-refractivity contribution >= 4 is 11.9 Å². The fraction of sp³-hybridized carbons (Fsp3) is 0.900. The van der Waals surface area contributed by atoms with Gasteiger partial charge in [-0.25, -0.2) is 0 Å². The summed E-state index contributed by atoms with van der Waals surface area (Å²) in [6, 6.07) is 0. The number of carbonyl (C=O) groups excluding carboxylic acids is 2. The third-order valence-electron chi connectivity index (χ3n) is 4.74. The van der Waals surface area contributed by atoms with Gasteiger partial charge in [0, 0.05) is 19.3 Å². The van der Waals surface area contributed by atoms with E-state index in [0.29, 0.717) is 32.1 Å². The summed E-state index contributed by atoms with van der Waals surface area (Å²) >= 11 is 0. The monoisotopic (exact) mass is 356 g/mol. The SMILES string of the molecule is CCCCCCC(=O)O[C@H]1C[C@@H](O)CC[C@H]1OC(=O)CCCCCC. The molecule has 1 saturated carbocycles. The Kier molecular flexibility index (Phi) is 11.5. The molecule has 0 aromatic heterocycles. The molecule has 3 atom stereocenters. The average Bonchev–Trinajstić information content (AvgIpc) is 2.58. The average molecular weight is 357 g/mol. The van der Waals surface area contributed by atoms with Gasteiger partial charge in [0.1, 0.15) is 12.2 Å². The Balaban J connectivity index is 2.38. The maximum absolute atomic E-state index is 12.0. The zero-order chi connectivity index (χ0) is 18.5. The molecule has 0 aliphatic heterocycles. The second kappa shape index (κ2) is 13.2. The van der Waals surface area contributed by atoms with E-state index in [2.05, 4.69) is 13.8 Å². The minimum absolute atomic E-state index is 0.221. The van der Waals surface area contributed by atoms with Gasteiger partial charge in [-0.05, 0) is 25.7 Å². The molecule has 146 valence electrons. The first-order chi connectivity index (χ1) is 12.1. The highest BCUT2D eigenvalue weighted by atomic mass is 16.6. The number of ether oxygens (including phenoxy) is 2. The van der Waals surface area contributed by atoms with Gasteiger partial charge in [0.15, 0.2) is 0 Å². The van der Waals surface area contributed by atoms with Crippen molar-refractivity contribution in [3.05, 3.63) is 0 Å². The van der Waals surface area contributed by atoms with Crippen molar-refractivity contribution in [2.24, 2.45) is 0 Å². The lowest BCUT2D eigenvalue weighted by Crippen LogP contribution is -2.42. The lowest BCUT2D eigenvalue weighted by molar-refractivity contribution is -0.175. The number of hydrogen-bond acceptors (Lipinski definition) is 5. The number of rotatable bonds is 12. The van der Waals surface area contributed by atoms with Crippen LogP contribution in [0.15, 0.2) is 0 Å². The van der Waals surface area contributed by atoms with Crippen LogP contribution in [0.2, 0.25) is 0 Å². The maximum Gasteiger partial charge on any atom is 0.306 e. The van der Waals surface area contributed by atoms with E-state index in [1.54, 1.807) is 0 Å². The quantitative estimate of drug-likeness (QED) is 0.417. The van der Waals surface area contributed by atoms with Gasteiger partial charge in [0.05, 0.1) is 6.10 Å². The summed E-state index contributed by atoms with van der Waals surface area (Å²) in [6.45, 7) is 4.26. The molecule has 0 saturated heterocycles. The molecule has 25 heavy (non-hydrogen) atoms. The Morgan fingerprint density at radius 1 is 0.800 bits per heavy atom. The van der Waals surface area contributed by atoms with E-state index in [0.717, 1.165) is 51.4 Å². The first kappa shape index (κ1) is 21.9.